The van der Waals surface area contributed by atoms with Gasteiger partial charge in [-0.3, -0.25) is 5.43 Å². The third kappa shape index (κ3) is 4.10. The third-order valence-electron chi connectivity index (χ3n) is 5.03. The highest BCUT2D eigenvalue weighted by Gasteiger charge is 2.35. The summed E-state index contributed by atoms with van der Waals surface area (Å²) in [5.41, 5.74) is 12.1. The van der Waals surface area contributed by atoms with Crippen LogP contribution in [0.25, 0.3) is 0 Å². The van der Waals surface area contributed by atoms with Gasteiger partial charge in [0.25, 0.3) is 0 Å². The highest BCUT2D eigenvalue weighted by Crippen LogP contribution is 2.26. The van der Waals surface area contributed by atoms with Gasteiger partial charge in [-0.1, -0.05) is 26.7 Å². The molecule has 2 aliphatic carbocycles. The van der Waals surface area contributed by atoms with E-state index in [2.05, 4.69) is 45.4 Å². The van der Waals surface area contributed by atoms with Crippen molar-refractivity contribution in [3.63, 3.8) is 0 Å². The molecule has 2 saturated carbocycles. The Balaban J connectivity index is 1.71. The van der Waals surface area contributed by atoms with Crippen LogP contribution in [-0.4, -0.2) is 22.9 Å². The van der Waals surface area contributed by atoms with Gasteiger partial charge in [-0.25, -0.2) is 5.43 Å². The van der Waals surface area contributed by atoms with Gasteiger partial charge in [0, 0.05) is 11.6 Å². The molecule has 3 rings (SSSR count). The van der Waals surface area contributed by atoms with Crippen molar-refractivity contribution >= 4 is 17.3 Å². The van der Waals surface area contributed by atoms with Gasteiger partial charge in [0.05, 0.1) is 0 Å². The van der Waals surface area contributed by atoms with Crippen LogP contribution in [0.3, 0.4) is 0 Å². The lowest BCUT2D eigenvalue weighted by Gasteiger charge is -2.41. The normalized spacial score (nSPS) is 24.9. The van der Waals surface area contributed by atoms with Crippen LogP contribution in [0.5, 0.6) is 0 Å². The molecular formula is C17H30N6. The molecule has 1 aliphatic heterocycles. The minimum absolute atomic E-state index is 0.0842. The minimum atomic E-state index is -0.0842. The third-order valence-corrected chi connectivity index (χ3v) is 5.03. The molecule has 128 valence electrons. The zero-order valence-electron chi connectivity index (χ0n) is 14.5. The maximum Gasteiger partial charge on any atom is 0.184 e. The average molecular weight is 318 g/mol. The number of rotatable bonds is 3. The monoisotopic (exact) mass is 318 g/mol. The standard InChI is InChI=1S/C17H30N6/c1-13(2)15(19-18-14-9-5-3-6-10-14)16-20-22-17(23-21-16)11-7-4-8-12-17/h13,22-23H,3-12H2,1-2H3,(H,20,21)/b19-15+. The smallest absolute Gasteiger partial charge is 0.184 e. The number of hydrazone groups is 1. The van der Waals surface area contributed by atoms with Gasteiger partial charge < -0.3 is 5.43 Å². The Morgan fingerprint density at radius 3 is 2.35 bits per heavy atom. The quantitative estimate of drug-likeness (QED) is 0.553. The molecule has 0 aromatic heterocycles. The fourth-order valence-electron chi connectivity index (χ4n) is 3.53. The summed E-state index contributed by atoms with van der Waals surface area (Å²) < 4.78 is 0. The SMILES string of the molecule is CC(C)/C(=N\N=C1CCCCC1)C1=NNC2(CCCCC2)NN1. The molecule has 3 aliphatic rings. The van der Waals surface area contributed by atoms with E-state index < -0.39 is 0 Å². The lowest BCUT2D eigenvalue weighted by Crippen LogP contribution is -2.67. The largest absolute Gasteiger partial charge is 0.301 e. The second-order valence-corrected chi connectivity index (χ2v) is 7.33. The van der Waals surface area contributed by atoms with Gasteiger partial charge in [0.15, 0.2) is 5.84 Å². The van der Waals surface area contributed by atoms with Crippen molar-refractivity contribution in [1.29, 1.82) is 0 Å². The molecule has 0 aromatic rings. The van der Waals surface area contributed by atoms with Crippen molar-refractivity contribution in [2.24, 2.45) is 21.2 Å². The van der Waals surface area contributed by atoms with E-state index >= 15 is 0 Å². The summed E-state index contributed by atoms with van der Waals surface area (Å²) in [5, 5.41) is 13.6. The van der Waals surface area contributed by atoms with Crippen LogP contribution in [0, 0.1) is 5.92 Å². The average Bonchev–Trinajstić information content (AvgIpc) is 2.58. The predicted octanol–water partition coefficient (Wildman–Crippen LogP) is 3.07. The Morgan fingerprint density at radius 1 is 1.04 bits per heavy atom. The second kappa shape index (κ2) is 7.43. The van der Waals surface area contributed by atoms with Crippen molar-refractivity contribution in [3.8, 4) is 0 Å². The summed E-state index contributed by atoms with van der Waals surface area (Å²) in [6, 6.07) is 0. The lowest BCUT2D eigenvalue weighted by molar-refractivity contribution is 0.162. The van der Waals surface area contributed by atoms with Crippen molar-refractivity contribution in [2.45, 2.75) is 83.7 Å². The maximum absolute atomic E-state index is 4.58. The summed E-state index contributed by atoms with van der Waals surface area (Å²) in [4.78, 5) is 0. The van der Waals surface area contributed by atoms with E-state index in [1.54, 1.807) is 0 Å². The molecule has 0 aromatic carbocycles. The molecular weight excluding hydrogens is 288 g/mol. The number of hydrogen-bond donors (Lipinski definition) is 3. The molecule has 3 N–H and O–H groups in total. The van der Waals surface area contributed by atoms with Crippen LogP contribution in [0.4, 0.5) is 0 Å². The van der Waals surface area contributed by atoms with Crippen LogP contribution in [0.2, 0.25) is 0 Å². The highest BCUT2D eigenvalue weighted by molar-refractivity contribution is 6.42. The molecule has 2 fully saturated rings. The summed E-state index contributed by atoms with van der Waals surface area (Å²) in [7, 11) is 0. The number of amidine groups is 1. The first-order chi connectivity index (χ1) is 11.2. The van der Waals surface area contributed by atoms with Crippen LogP contribution in [0.15, 0.2) is 15.3 Å². The number of hydrogen-bond acceptors (Lipinski definition) is 6. The number of nitrogens with zero attached hydrogens (tertiary/aromatic N) is 3. The molecule has 0 bridgehead atoms. The second-order valence-electron chi connectivity index (χ2n) is 7.33. The van der Waals surface area contributed by atoms with Crippen LogP contribution in [-0.2, 0) is 0 Å². The van der Waals surface area contributed by atoms with E-state index in [4.69, 9.17) is 0 Å². The first-order valence-corrected chi connectivity index (χ1v) is 9.20. The molecule has 6 nitrogen and oxygen atoms in total. The van der Waals surface area contributed by atoms with Crippen molar-refractivity contribution in [1.82, 2.24) is 16.3 Å². The van der Waals surface area contributed by atoms with Crippen molar-refractivity contribution in [2.75, 3.05) is 0 Å². The van der Waals surface area contributed by atoms with Gasteiger partial charge in [-0.15, -0.1) is 0 Å². The lowest BCUT2D eigenvalue weighted by atomic mass is 9.90. The molecule has 0 radical (unpaired) electrons. The van der Waals surface area contributed by atoms with Crippen LogP contribution >= 0.6 is 0 Å². The molecule has 0 atom stereocenters. The maximum atomic E-state index is 4.58. The molecule has 0 unspecified atom stereocenters. The number of hydrazine groups is 1. The first kappa shape index (κ1) is 16.4. The fraction of sp³-hybridized carbons (Fsp3) is 0.824. The van der Waals surface area contributed by atoms with Gasteiger partial charge in [-0.05, 0) is 51.4 Å². The Kier molecular flexibility index (Phi) is 5.30. The molecule has 0 saturated heterocycles. The Bertz CT molecular complexity index is 491. The van der Waals surface area contributed by atoms with Gasteiger partial charge >= 0.3 is 0 Å². The van der Waals surface area contributed by atoms with Crippen LogP contribution < -0.4 is 16.3 Å². The molecule has 1 spiro atoms. The van der Waals surface area contributed by atoms with Gasteiger partial charge in [0.2, 0.25) is 0 Å². The fourth-order valence-corrected chi connectivity index (χ4v) is 3.53. The highest BCUT2D eigenvalue weighted by atomic mass is 15.6. The Labute approximate surface area is 139 Å². The van der Waals surface area contributed by atoms with E-state index in [-0.39, 0.29) is 11.6 Å². The Morgan fingerprint density at radius 2 is 1.74 bits per heavy atom. The van der Waals surface area contributed by atoms with Crippen LogP contribution in [0.1, 0.15) is 78.1 Å². The van der Waals surface area contributed by atoms with E-state index in [0.717, 1.165) is 37.2 Å². The molecule has 23 heavy (non-hydrogen) atoms. The van der Waals surface area contributed by atoms with E-state index in [1.807, 2.05) is 0 Å². The van der Waals surface area contributed by atoms with Crippen molar-refractivity contribution < 1.29 is 0 Å². The summed E-state index contributed by atoms with van der Waals surface area (Å²) in [5.74, 6) is 1.05. The Hall–Kier alpha value is -1.43. The topological polar surface area (TPSA) is 73.2 Å². The van der Waals surface area contributed by atoms with Crippen molar-refractivity contribution in [3.05, 3.63) is 0 Å². The van der Waals surface area contributed by atoms with E-state index in [9.17, 15) is 0 Å². The minimum Gasteiger partial charge on any atom is -0.301 e. The first-order valence-electron chi connectivity index (χ1n) is 9.20. The van der Waals surface area contributed by atoms with Gasteiger partial charge in [-0.2, -0.15) is 15.3 Å². The van der Waals surface area contributed by atoms with E-state index in [1.165, 1.54) is 44.2 Å². The summed E-state index contributed by atoms with van der Waals surface area (Å²) in [6.45, 7) is 4.27. The number of nitrogens with one attached hydrogen (secondary N) is 3. The summed E-state index contributed by atoms with van der Waals surface area (Å²) >= 11 is 0. The molecule has 1 heterocycles. The molecule has 0 amide bonds. The summed E-state index contributed by atoms with van der Waals surface area (Å²) in [6.07, 6.45) is 12.0. The van der Waals surface area contributed by atoms with Gasteiger partial charge in [0.1, 0.15) is 11.4 Å². The zero-order chi connectivity index (χ0) is 16.1. The predicted molar refractivity (Wildman–Crippen MR) is 95.5 cm³/mol. The van der Waals surface area contributed by atoms with E-state index in [0.29, 0.717) is 0 Å². The zero-order valence-corrected chi connectivity index (χ0v) is 14.5. The molecule has 6 heteroatoms.